The van der Waals surface area contributed by atoms with Gasteiger partial charge in [0.05, 0.1) is 4.90 Å². The molecule has 1 aromatic rings. The summed E-state index contributed by atoms with van der Waals surface area (Å²) in [7, 11) is -3.33. The third kappa shape index (κ3) is 2.57. The van der Waals surface area contributed by atoms with Gasteiger partial charge in [0.2, 0.25) is 10.0 Å². The average molecular weight is 252 g/mol. The molecule has 1 heterocycles. The molecule has 0 unspecified atom stereocenters. The number of nitrogens with zero attached hydrogens (tertiary/aromatic N) is 1. The summed E-state index contributed by atoms with van der Waals surface area (Å²) in [5, 5.41) is 3.14. The summed E-state index contributed by atoms with van der Waals surface area (Å²) < 4.78 is 26.0. The van der Waals surface area contributed by atoms with Crippen LogP contribution in [0, 0.1) is 0 Å². The third-order valence-corrected chi connectivity index (χ3v) is 4.74. The van der Waals surface area contributed by atoms with Crippen LogP contribution in [-0.2, 0) is 10.0 Å². The van der Waals surface area contributed by atoms with Crippen LogP contribution in [0.3, 0.4) is 0 Å². The smallest absolute Gasteiger partial charge is 0.243 e. The zero-order valence-corrected chi connectivity index (χ0v) is 10.4. The van der Waals surface area contributed by atoms with E-state index in [0.717, 1.165) is 5.56 Å². The zero-order chi connectivity index (χ0) is 12.3. The molecule has 4 nitrogen and oxygen atoms in total. The van der Waals surface area contributed by atoms with Crippen LogP contribution in [0.15, 0.2) is 35.7 Å². The van der Waals surface area contributed by atoms with Gasteiger partial charge in [0.15, 0.2) is 0 Å². The molecule has 1 aliphatic heterocycles. The van der Waals surface area contributed by atoms with Gasteiger partial charge in [0.1, 0.15) is 0 Å². The van der Waals surface area contributed by atoms with Gasteiger partial charge >= 0.3 is 0 Å². The summed E-state index contributed by atoms with van der Waals surface area (Å²) in [4.78, 5) is 0.352. The van der Waals surface area contributed by atoms with E-state index in [2.05, 4.69) is 11.9 Å². The van der Waals surface area contributed by atoms with Crippen LogP contribution >= 0.6 is 0 Å². The molecule has 5 heteroatoms. The van der Waals surface area contributed by atoms with Gasteiger partial charge in [-0.25, -0.2) is 8.42 Å². The van der Waals surface area contributed by atoms with Crippen LogP contribution in [0.2, 0.25) is 0 Å². The van der Waals surface area contributed by atoms with Crippen LogP contribution in [0.5, 0.6) is 0 Å². The van der Waals surface area contributed by atoms with E-state index >= 15 is 0 Å². The first-order chi connectivity index (χ1) is 8.14. The van der Waals surface area contributed by atoms with Gasteiger partial charge in [-0.05, 0) is 17.7 Å². The fourth-order valence-corrected chi connectivity index (χ4v) is 3.25. The van der Waals surface area contributed by atoms with Gasteiger partial charge < -0.3 is 5.32 Å². The maximum atomic E-state index is 12.3. The summed E-state index contributed by atoms with van der Waals surface area (Å²) in [5.41, 5.74) is 0.921. The third-order valence-electron chi connectivity index (χ3n) is 2.83. The lowest BCUT2D eigenvalue weighted by Gasteiger charge is -2.26. The van der Waals surface area contributed by atoms with E-state index in [1.54, 1.807) is 30.3 Å². The van der Waals surface area contributed by atoms with Crippen molar-refractivity contribution in [3.63, 3.8) is 0 Å². The predicted molar refractivity (Wildman–Crippen MR) is 68.2 cm³/mol. The molecule has 1 saturated heterocycles. The number of hydrogen-bond donors (Lipinski definition) is 1. The van der Waals surface area contributed by atoms with Gasteiger partial charge in [-0.3, -0.25) is 0 Å². The summed E-state index contributed by atoms with van der Waals surface area (Å²) in [6.45, 7) is 6.14. The van der Waals surface area contributed by atoms with Crippen LogP contribution in [0.4, 0.5) is 0 Å². The monoisotopic (exact) mass is 252 g/mol. The highest BCUT2D eigenvalue weighted by molar-refractivity contribution is 7.89. The Morgan fingerprint density at radius 3 is 2.29 bits per heavy atom. The molecule has 0 atom stereocenters. The molecule has 17 heavy (non-hydrogen) atoms. The molecule has 2 rings (SSSR count). The number of hydrogen-bond acceptors (Lipinski definition) is 3. The van der Waals surface area contributed by atoms with Gasteiger partial charge in [0, 0.05) is 26.2 Å². The highest BCUT2D eigenvalue weighted by Crippen LogP contribution is 2.17. The second-order valence-corrected chi connectivity index (χ2v) is 5.87. The van der Waals surface area contributed by atoms with Crippen molar-refractivity contribution in [1.29, 1.82) is 0 Å². The number of nitrogens with one attached hydrogen (secondary N) is 1. The molecule has 0 amide bonds. The largest absolute Gasteiger partial charge is 0.314 e. The number of benzene rings is 1. The van der Waals surface area contributed by atoms with Crippen LogP contribution in [-0.4, -0.2) is 38.9 Å². The second kappa shape index (κ2) is 5.00. The molecule has 0 radical (unpaired) electrons. The van der Waals surface area contributed by atoms with Crippen molar-refractivity contribution in [2.75, 3.05) is 26.2 Å². The summed E-state index contributed by atoms with van der Waals surface area (Å²) in [6.07, 6.45) is 1.70. The molecule has 92 valence electrons. The highest BCUT2D eigenvalue weighted by Gasteiger charge is 2.25. The van der Waals surface area contributed by atoms with Gasteiger partial charge in [-0.15, -0.1) is 0 Å². The van der Waals surface area contributed by atoms with Crippen LogP contribution < -0.4 is 5.32 Å². The average Bonchev–Trinajstić information content (AvgIpc) is 2.40. The Kier molecular flexibility index (Phi) is 3.61. The van der Waals surface area contributed by atoms with E-state index in [0.29, 0.717) is 31.1 Å². The van der Waals surface area contributed by atoms with Crippen LogP contribution in [0.25, 0.3) is 6.08 Å². The Labute approximate surface area is 102 Å². The molecule has 1 aliphatic rings. The number of sulfonamides is 1. The SMILES string of the molecule is C=Cc1ccc(S(=O)(=O)N2CCNCC2)cc1. The first kappa shape index (κ1) is 12.3. The van der Waals surface area contributed by atoms with E-state index in [4.69, 9.17) is 0 Å². The van der Waals surface area contributed by atoms with Crippen LogP contribution in [0.1, 0.15) is 5.56 Å². The minimum atomic E-state index is -3.33. The normalized spacial score (nSPS) is 17.9. The van der Waals surface area contributed by atoms with E-state index in [1.807, 2.05) is 0 Å². The minimum absolute atomic E-state index is 0.352. The fourth-order valence-electron chi connectivity index (χ4n) is 1.81. The highest BCUT2D eigenvalue weighted by atomic mass is 32.2. The molecule has 1 aromatic carbocycles. The summed E-state index contributed by atoms with van der Waals surface area (Å²) in [6, 6.07) is 6.80. The van der Waals surface area contributed by atoms with Gasteiger partial charge in [0.25, 0.3) is 0 Å². The van der Waals surface area contributed by atoms with Crippen molar-refractivity contribution in [1.82, 2.24) is 9.62 Å². The maximum Gasteiger partial charge on any atom is 0.243 e. The molecule has 0 aliphatic carbocycles. The van der Waals surface area contributed by atoms with E-state index in [9.17, 15) is 8.42 Å². The molecule has 0 aromatic heterocycles. The molecule has 1 fully saturated rings. The standard InChI is InChI=1S/C12H16N2O2S/c1-2-11-3-5-12(6-4-11)17(15,16)14-9-7-13-8-10-14/h2-6,13H,1,7-10H2. The van der Waals surface area contributed by atoms with Crippen molar-refractivity contribution in [3.05, 3.63) is 36.4 Å². The van der Waals surface area contributed by atoms with Crippen molar-refractivity contribution >= 4 is 16.1 Å². The van der Waals surface area contributed by atoms with Crippen molar-refractivity contribution in [3.8, 4) is 0 Å². The molecule has 0 spiro atoms. The molecule has 0 bridgehead atoms. The lowest BCUT2D eigenvalue weighted by molar-refractivity contribution is 0.360. The summed E-state index contributed by atoms with van der Waals surface area (Å²) >= 11 is 0. The molecule has 0 saturated carbocycles. The fraction of sp³-hybridized carbons (Fsp3) is 0.333. The second-order valence-electron chi connectivity index (χ2n) is 3.93. The zero-order valence-electron chi connectivity index (χ0n) is 9.59. The lowest BCUT2D eigenvalue weighted by atomic mass is 10.2. The lowest BCUT2D eigenvalue weighted by Crippen LogP contribution is -2.46. The Morgan fingerprint density at radius 2 is 1.76 bits per heavy atom. The Hall–Kier alpha value is -1.17. The minimum Gasteiger partial charge on any atom is -0.314 e. The van der Waals surface area contributed by atoms with E-state index < -0.39 is 10.0 Å². The Bertz CT molecular complexity index is 488. The van der Waals surface area contributed by atoms with Crippen molar-refractivity contribution < 1.29 is 8.42 Å². The van der Waals surface area contributed by atoms with Crippen molar-refractivity contribution in [2.24, 2.45) is 0 Å². The maximum absolute atomic E-state index is 12.3. The van der Waals surface area contributed by atoms with E-state index in [1.165, 1.54) is 4.31 Å². The van der Waals surface area contributed by atoms with E-state index in [-0.39, 0.29) is 0 Å². The first-order valence-electron chi connectivity index (χ1n) is 5.58. The first-order valence-corrected chi connectivity index (χ1v) is 7.02. The number of piperazine rings is 1. The topological polar surface area (TPSA) is 49.4 Å². The summed E-state index contributed by atoms with van der Waals surface area (Å²) in [5.74, 6) is 0. The quantitative estimate of drug-likeness (QED) is 0.870. The van der Waals surface area contributed by atoms with Gasteiger partial charge in [-0.2, -0.15) is 4.31 Å². The van der Waals surface area contributed by atoms with Crippen molar-refractivity contribution in [2.45, 2.75) is 4.90 Å². The molecular weight excluding hydrogens is 236 g/mol. The molecule has 1 N–H and O–H groups in total. The van der Waals surface area contributed by atoms with Gasteiger partial charge in [-0.1, -0.05) is 24.8 Å². The Morgan fingerprint density at radius 1 is 1.18 bits per heavy atom. The number of rotatable bonds is 3. The molecular formula is C12H16N2O2S. The Balaban J connectivity index is 2.26. The predicted octanol–water partition coefficient (Wildman–Crippen LogP) is 0.923.